The molecule has 2 aliphatic rings. The molecular weight excluding hydrogens is 316 g/mol. The van der Waals surface area contributed by atoms with E-state index in [1.807, 2.05) is 40.8 Å². The molecule has 23 heavy (non-hydrogen) atoms. The molecule has 0 unspecified atom stereocenters. The summed E-state index contributed by atoms with van der Waals surface area (Å²) in [4.78, 5) is 14.8. The van der Waals surface area contributed by atoms with Gasteiger partial charge in [0.2, 0.25) is 0 Å². The summed E-state index contributed by atoms with van der Waals surface area (Å²) in [5, 5.41) is 1.65. The summed E-state index contributed by atoms with van der Waals surface area (Å²) >= 11 is 6.27. The van der Waals surface area contributed by atoms with Gasteiger partial charge in [-0.3, -0.25) is 4.79 Å². The number of ether oxygens (including phenoxy) is 2. The minimum Gasteiger partial charge on any atom is -0.347 e. The second-order valence-electron chi connectivity index (χ2n) is 6.17. The molecule has 0 aliphatic carbocycles. The zero-order chi connectivity index (χ0) is 16.0. The van der Waals surface area contributed by atoms with Gasteiger partial charge in [-0.2, -0.15) is 0 Å². The van der Waals surface area contributed by atoms with Crippen LogP contribution in [0.15, 0.2) is 24.3 Å². The Morgan fingerprint density at radius 3 is 2.57 bits per heavy atom. The van der Waals surface area contributed by atoms with Gasteiger partial charge in [-0.1, -0.05) is 23.7 Å². The number of para-hydroxylation sites is 1. The molecule has 1 aromatic heterocycles. The molecule has 0 bridgehead atoms. The molecule has 0 saturated carbocycles. The van der Waals surface area contributed by atoms with Crippen molar-refractivity contribution in [3.05, 3.63) is 35.0 Å². The first-order chi connectivity index (χ1) is 11.1. The van der Waals surface area contributed by atoms with Gasteiger partial charge in [0.1, 0.15) is 5.69 Å². The maximum Gasteiger partial charge on any atom is 0.270 e. The number of benzene rings is 1. The van der Waals surface area contributed by atoms with E-state index in [0.29, 0.717) is 37.0 Å². The van der Waals surface area contributed by atoms with Crippen molar-refractivity contribution in [1.29, 1.82) is 0 Å². The molecule has 0 N–H and O–H groups in total. The number of aryl methyl sites for hydroxylation is 1. The monoisotopic (exact) mass is 334 g/mol. The zero-order valence-corrected chi connectivity index (χ0v) is 13.8. The van der Waals surface area contributed by atoms with Crippen molar-refractivity contribution in [3.8, 4) is 0 Å². The standard InChI is InChI=1S/C17H19ClN2O3/c1-19-14(11-12-3-2-4-13(18)15(12)19)16(21)20-7-5-17(6-8-20)22-9-10-23-17/h2-4,11H,5-10H2,1H3. The van der Waals surface area contributed by atoms with Gasteiger partial charge in [-0.25, -0.2) is 0 Å². The maximum absolute atomic E-state index is 12.9. The number of piperidine rings is 1. The lowest BCUT2D eigenvalue weighted by Crippen LogP contribution is -2.47. The van der Waals surface area contributed by atoms with Crippen molar-refractivity contribution in [2.75, 3.05) is 26.3 Å². The van der Waals surface area contributed by atoms with Gasteiger partial charge in [0.25, 0.3) is 5.91 Å². The van der Waals surface area contributed by atoms with E-state index < -0.39 is 5.79 Å². The summed E-state index contributed by atoms with van der Waals surface area (Å²) in [7, 11) is 1.88. The summed E-state index contributed by atoms with van der Waals surface area (Å²) in [5.74, 6) is -0.424. The van der Waals surface area contributed by atoms with Crippen LogP contribution in [0.5, 0.6) is 0 Å². The van der Waals surface area contributed by atoms with E-state index in [9.17, 15) is 4.79 Å². The van der Waals surface area contributed by atoms with Gasteiger partial charge in [0.15, 0.2) is 5.79 Å². The van der Waals surface area contributed by atoms with Gasteiger partial charge < -0.3 is 18.9 Å². The van der Waals surface area contributed by atoms with Crippen LogP contribution in [0.2, 0.25) is 5.02 Å². The second kappa shape index (κ2) is 5.51. The highest BCUT2D eigenvalue weighted by Gasteiger charge is 2.41. The maximum atomic E-state index is 12.9. The highest BCUT2D eigenvalue weighted by Crippen LogP contribution is 2.32. The van der Waals surface area contributed by atoms with E-state index >= 15 is 0 Å². The third-order valence-electron chi connectivity index (χ3n) is 4.85. The molecule has 1 amide bonds. The minimum absolute atomic E-state index is 0.0348. The molecule has 2 aromatic rings. The minimum atomic E-state index is -0.459. The number of likely N-dealkylation sites (tertiary alicyclic amines) is 1. The number of amides is 1. The predicted molar refractivity (Wildman–Crippen MR) is 87.7 cm³/mol. The Kier molecular flexibility index (Phi) is 3.59. The Bertz CT molecular complexity index is 755. The molecule has 6 heteroatoms. The van der Waals surface area contributed by atoms with Gasteiger partial charge in [-0.15, -0.1) is 0 Å². The van der Waals surface area contributed by atoms with E-state index in [-0.39, 0.29) is 5.91 Å². The van der Waals surface area contributed by atoms with Crippen LogP contribution >= 0.6 is 11.6 Å². The Morgan fingerprint density at radius 1 is 1.22 bits per heavy atom. The third-order valence-corrected chi connectivity index (χ3v) is 5.16. The zero-order valence-electron chi connectivity index (χ0n) is 13.0. The Balaban J connectivity index is 1.58. The summed E-state index contributed by atoms with van der Waals surface area (Å²) in [6, 6.07) is 7.63. The molecular formula is C17H19ClN2O3. The van der Waals surface area contributed by atoms with E-state index in [4.69, 9.17) is 21.1 Å². The predicted octanol–water partition coefficient (Wildman–Crippen LogP) is 2.81. The van der Waals surface area contributed by atoms with Crippen LogP contribution in [-0.4, -0.2) is 47.5 Å². The van der Waals surface area contributed by atoms with Crippen LogP contribution in [0.1, 0.15) is 23.3 Å². The van der Waals surface area contributed by atoms with Crippen LogP contribution in [0.3, 0.4) is 0 Å². The normalized spacial score (nSPS) is 20.5. The number of rotatable bonds is 1. The topological polar surface area (TPSA) is 43.7 Å². The molecule has 2 fully saturated rings. The molecule has 2 saturated heterocycles. The lowest BCUT2D eigenvalue weighted by molar-refractivity contribution is -0.181. The average Bonchev–Trinajstić information content (AvgIpc) is 3.14. The summed E-state index contributed by atoms with van der Waals surface area (Å²) in [6.07, 6.45) is 1.45. The quantitative estimate of drug-likeness (QED) is 0.805. The van der Waals surface area contributed by atoms with Crippen LogP contribution in [0.4, 0.5) is 0 Å². The number of carbonyl (C=O) groups excluding carboxylic acids is 1. The average molecular weight is 335 g/mol. The molecule has 1 aromatic carbocycles. The first kappa shape index (κ1) is 15.0. The van der Waals surface area contributed by atoms with Gasteiger partial charge in [0.05, 0.1) is 23.8 Å². The van der Waals surface area contributed by atoms with E-state index in [1.165, 1.54) is 0 Å². The molecule has 4 rings (SSSR count). The van der Waals surface area contributed by atoms with E-state index in [2.05, 4.69) is 0 Å². The van der Waals surface area contributed by atoms with Crippen LogP contribution in [-0.2, 0) is 16.5 Å². The fourth-order valence-corrected chi connectivity index (χ4v) is 3.88. The summed E-state index contributed by atoms with van der Waals surface area (Å²) in [6.45, 7) is 2.59. The molecule has 2 aliphatic heterocycles. The number of hydrogen-bond donors (Lipinski definition) is 0. The van der Waals surface area contributed by atoms with Gasteiger partial charge in [-0.05, 0) is 12.1 Å². The fraction of sp³-hybridized carbons (Fsp3) is 0.471. The lowest BCUT2D eigenvalue weighted by atomic mass is 10.0. The fourth-order valence-electron chi connectivity index (χ4n) is 3.57. The third kappa shape index (κ3) is 2.43. The smallest absolute Gasteiger partial charge is 0.270 e. The van der Waals surface area contributed by atoms with Crippen LogP contribution in [0, 0.1) is 0 Å². The first-order valence-electron chi connectivity index (χ1n) is 7.91. The number of hydrogen-bond acceptors (Lipinski definition) is 3. The first-order valence-corrected chi connectivity index (χ1v) is 8.29. The number of aromatic nitrogens is 1. The molecule has 0 radical (unpaired) electrons. The summed E-state index contributed by atoms with van der Waals surface area (Å²) < 4.78 is 13.3. The van der Waals surface area contributed by atoms with Gasteiger partial charge in [0, 0.05) is 38.4 Å². The Hall–Kier alpha value is -1.56. The Morgan fingerprint density at radius 2 is 1.91 bits per heavy atom. The van der Waals surface area contributed by atoms with Crippen molar-refractivity contribution in [2.45, 2.75) is 18.6 Å². The SMILES string of the molecule is Cn1c(C(=O)N2CCC3(CC2)OCCO3)cc2cccc(Cl)c21. The number of nitrogens with zero attached hydrogens (tertiary/aromatic N) is 2. The van der Waals surface area contributed by atoms with Crippen molar-refractivity contribution in [2.24, 2.45) is 7.05 Å². The number of fused-ring (bicyclic) bond motifs is 1. The van der Waals surface area contributed by atoms with Crippen molar-refractivity contribution in [1.82, 2.24) is 9.47 Å². The largest absolute Gasteiger partial charge is 0.347 e. The second-order valence-corrected chi connectivity index (χ2v) is 6.57. The number of halogens is 1. The molecule has 3 heterocycles. The molecule has 1 spiro atoms. The highest BCUT2D eigenvalue weighted by atomic mass is 35.5. The van der Waals surface area contributed by atoms with Gasteiger partial charge >= 0.3 is 0 Å². The van der Waals surface area contributed by atoms with Crippen LogP contribution in [0.25, 0.3) is 10.9 Å². The Labute approximate surface area is 139 Å². The number of carbonyl (C=O) groups is 1. The highest BCUT2D eigenvalue weighted by molar-refractivity contribution is 6.35. The lowest BCUT2D eigenvalue weighted by Gasteiger charge is -2.37. The molecule has 0 atom stereocenters. The van der Waals surface area contributed by atoms with Crippen molar-refractivity contribution < 1.29 is 14.3 Å². The van der Waals surface area contributed by atoms with Crippen molar-refractivity contribution in [3.63, 3.8) is 0 Å². The molecule has 122 valence electrons. The van der Waals surface area contributed by atoms with E-state index in [0.717, 1.165) is 23.7 Å². The summed E-state index contributed by atoms with van der Waals surface area (Å²) in [5.41, 5.74) is 1.56. The van der Waals surface area contributed by atoms with Crippen molar-refractivity contribution >= 4 is 28.4 Å². The van der Waals surface area contributed by atoms with Crippen LogP contribution < -0.4 is 0 Å². The molecule has 5 nitrogen and oxygen atoms in total. The van der Waals surface area contributed by atoms with E-state index in [1.54, 1.807) is 0 Å².